The monoisotopic (exact) mass is 238 g/mol. The highest BCUT2D eigenvalue weighted by molar-refractivity contribution is 9.10. The molecule has 0 radical (unpaired) electrons. The average Bonchev–Trinajstić information content (AvgIpc) is 2.27. The van der Waals surface area contributed by atoms with Gasteiger partial charge in [-0.1, -0.05) is 0 Å². The number of halogens is 1. The van der Waals surface area contributed by atoms with E-state index < -0.39 is 0 Å². The molecule has 0 bridgehead atoms. The number of aromatic nitrogens is 2. The van der Waals surface area contributed by atoms with Gasteiger partial charge in [0.1, 0.15) is 5.82 Å². The van der Waals surface area contributed by atoms with Gasteiger partial charge < -0.3 is 4.57 Å². The van der Waals surface area contributed by atoms with Crippen LogP contribution in [-0.4, -0.2) is 9.55 Å². The maximum atomic E-state index is 4.47. The minimum absolute atomic E-state index is 1.04. The number of hydrogen-bond acceptors (Lipinski definition) is 1. The Balaban J connectivity index is 2.94. The summed E-state index contributed by atoms with van der Waals surface area (Å²) in [5, 5.41) is 0. The van der Waals surface area contributed by atoms with E-state index in [9.17, 15) is 0 Å². The molecule has 2 nitrogen and oxygen atoms in total. The molecule has 1 heterocycles. The highest BCUT2D eigenvalue weighted by Crippen LogP contribution is 2.25. The number of nitrogens with zero attached hydrogens (tertiary/aromatic N) is 2. The minimum atomic E-state index is 1.04. The maximum Gasteiger partial charge on any atom is 0.106 e. The van der Waals surface area contributed by atoms with E-state index in [0.29, 0.717) is 0 Å². The Morgan fingerprint density at radius 1 is 1.31 bits per heavy atom. The molecule has 13 heavy (non-hydrogen) atoms. The zero-order valence-corrected chi connectivity index (χ0v) is 9.51. The highest BCUT2D eigenvalue weighted by atomic mass is 79.9. The van der Waals surface area contributed by atoms with Crippen molar-refractivity contribution in [3.05, 3.63) is 28.0 Å². The Bertz CT molecular complexity index is 471. The van der Waals surface area contributed by atoms with Gasteiger partial charge in [-0.25, -0.2) is 4.98 Å². The second-order valence-corrected chi connectivity index (χ2v) is 4.19. The first-order valence-corrected chi connectivity index (χ1v) is 4.98. The summed E-state index contributed by atoms with van der Waals surface area (Å²) in [7, 11) is 2.03. The van der Waals surface area contributed by atoms with Gasteiger partial charge in [0.2, 0.25) is 0 Å². The third-order valence-corrected chi connectivity index (χ3v) is 2.90. The number of fused-ring (bicyclic) bond motifs is 1. The third kappa shape index (κ3) is 1.27. The van der Waals surface area contributed by atoms with Gasteiger partial charge in [-0.2, -0.15) is 0 Å². The van der Waals surface area contributed by atoms with Crippen molar-refractivity contribution in [1.29, 1.82) is 0 Å². The van der Waals surface area contributed by atoms with Crippen LogP contribution in [0.4, 0.5) is 0 Å². The van der Waals surface area contributed by atoms with Crippen molar-refractivity contribution in [2.24, 2.45) is 7.05 Å². The van der Waals surface area contributed by atoms with Crippen LogP contribution in [0.15, 0.2) is 16.6 Å². The molecule has 2 rings (SSSR count). The van der Waals surface area contributed by atoms with Crippen LogP contribution in [0.25, 0.3) is 11.0 Å². The summed E-state index contributed by atoms with van der Waals surface area (Å²) in [6.45, 7) is 4.09. The van der Waals surface area contributed by atoms with E-state index in [0.717, 1.165) is 15.8 Å². The van der Waals surface area contributed by atoms with Crippen LogP contribution < -0.4 is 0 Å². The van der Waals surface area contributed by atoms with Crippen molar-refractivity contribution >= 4 is 27.0 Å². The normalized spacial score (nSPS) is 11.1. The second kappa shape index (κ2) is 2.84. The minimum Gasteiger partial charge on any atom is -0.330 e. The number of benzene rings is 1. The number of aryl methyl sites for hydroxylation is 3. The lowest BCUT2D eigenvalue weighted by molar-refractivity contribution is 0.884. The van der Waals surface area contributed by atoms with Crippen molar-refractivity contribution < 1.29 is 0 Å². The van der Waals surface area contributed by atoms with E-state index in [2.05, 4.69) is 44.5 Å². The first-order valence-electron chi connectivity index (χ1n) is 4.19. The molecule has 0 unspecified atom stereocenters. The van der Waals surface area contributed by atoms with Crippen molar-refractivity contribution in [2.75, 3.05) is 0 Å². The van der Waals surface area contributed by atoms with Gasteiger partial charge in [0.05, 0.1) is 11.0 Å². The fraction of sp³-hybridized carbons (Fsp3) is 0.300. The standard InChI is InChI=1S/C10H11BrN2/c1-6-4-8(11)10-9(5-6)12-7(2)13(10)3/h4-5H,1-3H3. The predicted molar refractivity (Wildman–Crippen MR) is 57.9 cm³/mol. The van der Waals surface area contributed by atoms with Crippen LogP contribution in [0, 0.1) is 13.8 Å². The summed E-state index contributed by atoms with van der Waals surface area (Å²) in [5.74, 6) is 1.04. The molecule has 0 amide bonds. The fourth-order valence-electron chi connectivity index (χ4n) is 1.54. The molecule has 0 aliphatic carbocycles. The Kier molecular flexibility index (Phi) is 1.91. The lowest BCUT2D eigenvalue weighted by Crippen LogP contribution is -1.90. The first kappa shape index (κ1) is 8.75. The van der Waals surface area contributed by atoms with E-state index >= 15 is 0 Å². The molecule has 0 N–H and O–H groups in total. The van der Waals surface area contributed by atoms with E-state index in [1.54, 1.807) is 0 Å². The van der Waals surface area contributed by atoms with Crippen LogP contribution >= 0.6 is 15.9 Å². The third-order valence-electron chi connectivity index (χ3n) is 2.29. The molecular formula is C10H11BrN2. The van der Waals surface area contributed by atoms with Crippen LogP contribution in [0.3, 0.4) is 0 Å². The summed E-state index contributed by atoms with van der Waals surface area (Å²) < 4.78 is 3.21. The highest BCUT2D eigenvalue weighted by Gasteiger charge is 2.07. The first-order chi connectivity index (χ1) is 6.09. The quantitative estimate of drug-likeness (QED) is 0.691. The van der Waals surface area contributed by atoms with Gasteiger partial charge in [-0.15, -0.1) is 0 Å². The molecule has 0 fully saturated rings. The van der Waals surface area contributed by atoms with Gasteiger partial charge in [-0.3, -0.25) is 0 Å². The molecular weight excluding hydrogens is 228 g/mol. The molecule has 2 aromatic rings. The van der Waals surface area contributed by atoms with Crippen LogP contribution in [0.5, 0.6) is 0 Å². The molecule has 0 aliphatic rings. The maximum absolute atomic E-state index is 4.47. The summed E-state index contributed by atoms with van der Waals surface area (Å²) >= 11 is 3.55. The SMILES string of the molecule is Cc1cc(Br)c2c(c1)nc(C)n2C. The fourth-order valence-corrected chi connectivity index (χ4v) is 2.37. The molecule has 0 saturated heterocycles. The number of rotatable bonds is 0. The number of imidazole rings is 1. The van der Waals surface area contributed by atoms with Gasteiger partial charge in [0.25, 0.3) is 0 Å². The van der Waals surface area contributed by atoms with E-state index in [1.807, 2.05) is 14.0 Å². The number of hydrogen-bond donors (Lipinski definition) is 0. The molecule has 0 spiro atoms. The Hall–Kier alpha value is -0.830. The van der Waals surface area contributed by atoms with E-state index in [4.69, 9.17) is 0 Å². The molecule has 3 heteroatoms. The van der Waals surface area contributed by atoms with Gasteiger partial charge in [0.15, 0.2) is 0 Å². The molecule has 0 atom stereocenters. The topological polar surface area (TPSA) is 17.8 Å². The second-order valence-electron chi connectivity index (χ2n) is 3.33. The van der Waals surface area contributed by atoms with Gasteiger partial charge in [0, 0.05) is 11.5 Å². The van der Waals surface area contributed by atoms with Crippen LogP contribution in [-0.2, 0) is 7.05 Å². The average molecular weight is 239 g/mol. The summed E-state index contributed by atoms with van der Waals surface area (Å²) in [4.78, 5) is 4.47. The molecule has 0 aliphatic heterocycles. The van der Waals surface area contributed by atoms with Gasteiger partial charge >= 0.3 is 0 Å². The lowest BCUT2D eigenvalue weighted by atomic mass is 10.2. The van der Waals surface area contributed by atoms with Crippen molar-refractivity contribution in [3.8, 4) is 0 Å². The lowest BCUT2D eigenvalue weighted by Gasteiger charge is -2.00. The van der Waals surface area contributed by atoms with E-state index in [1.165, 1.54) is 11.1 Å². The molecule has 68 valence electrons. The smallest absolute Gasteiger partial charge is 0.106 e. The van der Waals surface area contributed by atoms with E-state index in [-0.39, 0.29) is 0 Å². The van der Waals surface area contributed by atoms with Crippen molar-refractivity contribution in [1.82, 2.24) is 9.55 Å². The zero-order chi connectivity index (χ0) is 9.59. The molecule has 1 aromatic heterocycles. The zero-order valence-electron chi connectivity index (χ0n) is 7.93. The summed E-state index contributed by atoms with van der Waals surface area (Å²) in [6, 6.07) is 4.22. The van der Waals surface area contributed by atoms with Crippen LogP contribution in [0.1, 0.15) is 11.4 Å². The Labute approximate surface area is 85.7 Å². The van der Waals surface area contributed by atoms with Gasteiger partial charge in [-0.05, 0) is 47.5 Å². The predicted octanol–water partition coefficient (Wildman–Crippen LogP) is 2.95. The van der Waals surface area contributed by atoms with Crippen molar-refractivity contribution in [2.45, 2.75) is 13.8 Å². The summed E-state index contributed by atoms with van der Waals surface area (Å²) in [5.41, 5.74) is 3.47. The Morgan fingerprint density at radius 2 is 2.00 bits per heavy atom. The van der Waals surface area contributed by atoms with Crippen molar-refractivity contribution in [3.63, 3.8) is 0 Å². The molecule has 1 aromatic carbocycles. The Morgan fingerprint density at radius 3 is 2.69 bits per heavy atom. The van der Waals surface area contributed by atoms with Crippen LogP contribution in [0.2, 0.25) is 0 Å². The molecule has 0 saturated carbocycles. The largest absolute Gasteiger partial charge is 0.330 e. The summed E-state index contributed by atoms with van der Waals surface area (Å²) in [6.07, 6.45) is 0.